The van der Waals surface area contributed by atoms with Gasteiger partial charge in [-0.05, 0) is 19.1 Å². The Balaban J connectivity index is 2.34. The van der Waals surface area contributed by atoms with Crippen molar-refractivity contribution in [3.05, 3.63) is 34.7 Å². The van der Waals surface area contributed by atoms with E-state index in [0.717, 1.165) is 5.52 Å². The summed E-state index contributed by atoms with van der Waals surface area (Å²) in [6.07, 6.45) is 0. The van der Waals surface area contributed by atoms with E-state index in [1.165, 1.54) is 21.1 Å². The molecule has 2 N–H and O–H groups in total. The third kappa shape index (κ3) is 3.33. The average molecular weight is 334 g/mol. The zero-order valence-corrected chi connectivity index (χ0v) is 14.1. The molecule has 0 aliphatic carbocycles. The van der Waals surface area contributed by atoms with Crippen molar-refractivity contribution in [2.75, 3.05) is 20.3 Å². The molecule has 1 atom stereocenters. The predicted octanol–water partition coefficient (Wildman–Crippen LogP) is -0.311. The zero-order valence-electron chi connectivity index (χ0n) is 14.1. The highest BCUT2D eigenvalue weighted by atomic mass is 16.5. The van der Waals surface area contributed by atoms with Crippen LogP contribution in [0.25, 0.3) is 11.0 Å². The standard InChI is InChI=1S/C16H22N4O4/c1-11(15(17)22)19(8-9-24-3)14(21)10-20-13-7-5-4-6-12(13)18(2)16(20)23/h4-7,11H,8-10H2,1-3H3,(H2,17,22)/t11-/m1/s1. The smallest absolute Gasteiger partial charge is 0.329 e. The number of aryl methyl sites for hydroxylation is 1. The van der Waals surface area contributed by atoms with Crippen molar-refractivity contribution in [1.29, 1.82) is 0 Å². The molecule has 1 aromatic carbocycles. The Morgan fingerprint density at radius 3 is 2.50 bits per heavy atom. The van der Waals surface area contributed by atoms with Crippen LogP contribution < -0.4 is 11.4 Å². The van der Waals surface area contributed by atoms with Gasteiger partial charge in [-0.25, -0.2) is 4.79 Å². The van der Waals surface area contributed by atoms with Gasteiger partial charge in [0.05, 0.1) is 17.6 Å². The van der Waals surface area contributed by atoms with Gasteiger partial charge in [-0.3, -0.25) is 18.7 Å². The summed E-state index contributed by atoms with van der Waals surface area (Å²) in [5.74, 6) is -0.971. The van der Waals surface area contributed by atoms with Gasteiger partial charge >= 0.3 is 5.69 Å². The quantitative estimate of drug-likeness (QED) is 0.750. The number of rotatable bonds is 7. The van der Waals surface area contributed by atoms with Gasteiger partial charge in [0.15, 0.2) is 0 Å². The van der Waals surface area contributed by atoms with Gasteiger partial charge in [0, 0.05) is 20.7 Å². The molecule has 0 bridgehead atoms. The Morgan fingerprint density at radius 2 is 1.92 bits per heavy atom. The van der Waals surface area contributed by atoms with Crippen molar-refractivity contribution in [1.82, 2.24) is 14.0 Å². The van der Waals surface area contributed by atoms with Crippen LogP contribution in [0, 0.1) is 0 Å². The average Bonchev–Trinajstić information content (AvgIpc) is 2.80. The second-order valence-corrected chi connectivity index (χ2v) is 5.57. The molecule has 0 aliphatic rings. The highest BCUT2D eigenvalue weighted by molar-refractivity contribution is 5.87. The summed E-state index contributed by atoms with van der Waals surface area (Å²) in [6.45, 7) is 1.88. The van der Waals surface area contributed by atoms with Crippen molar-refractivity contribution in [3.8, 4) is 0 Å². The molecule has 2 amide bonds. The third-order valence-electron chi connectivity index (χ3n) is 4.08. The highest BCUT2D eigenvalue weighted by Gasteiger charge is 2.25. The van der Waals surface area contributed by atoms with Gasteiger partial charge in [0.1, 0.15) is 12.6 Å². The molecular weight excluding hydrogens is 312 g/mol. The Bertz CT molecular complexity index is 808. The Labute approximate surface area is 139 Å². The van der Waals surface area contributed by atoms with Gasteiger partial charge < -0.3 is 15.4 Å². The second-order valence-electron chi connectivity index (χ2n) is 5.57. The fraction of sp³-hybridized carbons (Fsp3) is 0.438. The Kier molecular flexibility index (Phi) is 5.40. The van der Waals surface area contributed by atoms with Crippen molar-refractivity contribution in [3.63, 3.8) is 0 Å². The predicted molar refractivity (Wildman–Crippen MR) is 89.4 cm³/mol. The first-order valence-corrected chi connectivity index (χ1v) is 7.60. The number of carbonyl (C=O) groups excluding carboxylic acids is 2. The zero-order chi connectivity index (χ0) is 17.9. The summed E-state index contributed by atoms with van der Waals surface area (Å²) in [5, 5.41) is 0. The number of hydrogen-bond acceptors (Lipinski definition) is 4. The van der Waals surface area contributed by atoms with E-state index >= 15 is 0 Å². The second kappa shape index (κ2) is 7.31. The number of hydrogen-bond donors (Lipinski definition) is 1. The molecule has 0 aliphatic heterocycles. The van der Waals surface area contributed by atoms with Gasteiger partial charge in [-0.1, -0.05) is 12.1 Å². The molecule has 0 saturated carbocycles. The summed E-state index contributed by atoms with van der Waals surface area (Å²) >= 11 is 0. The number of ether oxygens (including phenoxy) is 1. The monoisotopic (exact) mass is 334 g/mol. The van der Waals surface area contributed by atoms with Crippen LogP contribution >= 0.6 is 0 Å². The number of methoxy groups -OCH3 is 1. The van der Waals surface area contributed by atoms with Crippen molar-refractivity contribution in [2.24, 2.45) is 12.8 Å². The molecule has 0 fully saturated rings. The van der Waals surface area contributed by atoms with E-state index in [-0.39, 0.29) is 31.3 Å². The van der Waals surface area contributed by atoms with Crippen molar-refractivity contribution >= 4 is 22.8 Å². The SMILES string of the molecule is COCCN(C(=O)Cn1c(=O)n(C)c2ccccc21)[C@H](C)C(N)=O. The molecule has 1 heterocycles. The van der Waals surface area contributed by atoms with Gasteiger partial charge in [-0.2, -0.15) is 0 Å². The van der Waals surface area contributed by atoms with E-state index in [4.69, 9.17) is 10.5 Å². The van der Waals surface area contributed by atoms with E-state index in [9.17, 15) is 14.4 Å². The first-order valence-electron chi connectivity index (χ1n) is 7.60. The highest BCUT2D eigenvalue weighted by Crippen LogP contribution is 2.12. The number of amides is 2. The number of fused-ring (bicyclic) bond motifs is 1. The minimum absolute atomic E-state index is 0.165. The van der Waals surface area contributed by atoms with Crippen molar-refractivity contribution < 1.29 is 14.3 Å². The lowest BCUT2D eigenvalue weighted by Crippen LogP contribution is -2.49. The van der Waals surface area contributed by atoms with Crippen LogP contribution in [0.2, 0.25) is 0 Å². The fourth-order valence-electron chi connectivity index (χ4n) is 2.62. The lowest BCUT2D eigenvalue weighted by atomic mass is 10.2. The third-order valence-corrected chi connectivity index (χ3v) is 4.08. The maximum atomic E-state index is 12.7. The van der Waals surface area contributed by atoms with Crippen LogP contribution in [-0.2, 0) is 27.9 Å². The normalized spacial score (nSPS) is 12.3. The first-order chi connectivity index (χ1) is 11.4. The number of nitrogens with two attached hydrogens (primary N) is 1. The van der Waals surface area contributed by atoms with Crippen LogP contribution in [0.5, 0.6) is 0 Å². The molecule has 24 heavy (non-hydrogen) atoms. The van der Waals surface area contributed by atoms with Crippen molar-refractivity contribution in [2.45, 2.75) is 19.5 Å². The first kappa shape index (κ1) is 17.7. The number of para-hydroxylation sites is 2. The molecule has 8 nitrogen and oxygen atoms in total. The van der Waals surface area contributed by atoms with Crippen LogP contribution in [0.4, 0.5) is 0 Å². The molecule has 130 valence electrons. The largest absolute Gasteiger partial charge is 0.383 e. The summed E-state index contributed by atoms with van der Waals surface area (Å²) < 4.78 is 7.86. The fourth-order valence-corrected chi connectivity index (χ4v) is 2.62. The molecular formula is C16H22N4O4. The maximum Gasteiger partial charge on any atom is 0.329 e. The van der Waals surface area contributed by atoms with E-state index < -0.39 is 11.9 Å². The van der Waals surface area contributed by atoms with Gasteiger partial charge in [0.25, 0.3) is 0 Å². The Morgan fingerprint density at radius 1 is 1.29 bits per heavy atom. The molecule has 0 spiro atoms. The molecule has 1 aromatic heterocycles. The van der Waals surface area contributed by atoms with E-state index in [2.05, 4.69) is 0 Å². The number of primary amides is 1. The topological polar surface area (TPSA) is 99.6 Å². The minimum Gasteiger partial charge on any atom is -0.383 e. The van der Waals surface area contributed by atoms with E-state index in [1.807, 2.05) is 12.1 Å². The minimum atomic E-state index is -0.779. The molecule has 0 radical (unpaired) electrons. The van der Waals surface area contributed by atoms with Gasteiger partial charge in [-0.15, -0.1) is 0 Å². The number of imidazole rings is 1. The maximum absolute atomic E-state index is 12.7. The van der Waals surface area contributed by atoms with Crippen LogP contribution in [0.15, 0.2) is 29.1 Å². The Hall–Kier alpha value is -2.61. The van der Waals surface area contributed by atoms with Gasteiger partial charge in [0.2, 0.25) is 11.8 Å². The summed E-state index contributed by atoms with van der Waals surface area (Å²) in [6, 6.07) is 6.44. The molecule has 8 heteroatoms. The number of carbonyl (C=O) groups is 2. The lowest BCUT2D eigenvalue weighted by Gasteiger charge is -2.27. The molecule has 0 unspecified atom stereocenters. The number of benzene rings is 1. The molecule has 2 aromatic rings. The molecule has 0 saturated heterocycles. The van der Waals surface area contributed by atoms with E-state index in [0.29, 0.717) is 5.52 Å². The summed E-state index contributed by atoms with van der Waals surface area (Å²) in [7, 11) is 3.16. The number of aromatic nitrogens is 2. The number of nitrogens with zero attached hydrogens (tertiary/aromatic N) is 3. The van der Waals surface area contributed by atoms with Crippen LogP contribution in [0.1, 0.15) is 6.92 Å². The van der Waals surface area contributed by atoms with E-state index in [1.54, 1.807) is 26.1 Å². The molecule has 2 rings (SSSR count). The summed E-state index contributed by atoms with van der Waals surface area (Å²) in [5.41, 5.74) is 6.43. The lowest BCUT2D eigenvalue weighted by molar-refractivity contribution is -0.139. The summed E-state index contributed by atoms with van der Waals surface area (Å²) in [4.78, 5) is 37.9. The van der Waals surface area contributed by atoms with Crippen LogP contribution in [-0.4, -0.2) is 52.2 Å². The van der Waals surface area contributed by atoms with Crippen LogP contribution in [0.3, 0.4) is 0 Å².